The number of carbonyl (C=O) groups is 1. The molecule has 1 amide bonds. The van der Waals surface area contributed by atoms with E-state index in [-0.39, 0.29) is 11.9 Å². The minimum absolute atomic E-state index is 0.0134. The number of methoxy groups -OCH3 is 1. The number of hydrogen-bond acceptors (Lipinski definition) is 5. The monoisotopic (exact) mass is 451 g/mol. The van der Waals surface area contributed by atoms with Gasteiger partial charge in [0.05, 0.1) is 18.3 Å². The zero-order chi connectivity index (χ0) is 22.6. The summed E-state index contributed by atoms with van der Waals surface area (Å²) in [4.78, 5) is 22.6. The number of likely N-dealkylation sites (tertiary alicyclic amines) is 1. The van der Waals surface area contributed by atoms with E-state index in [0.717, 1.165) is 48.5 Å². The molecule has 5 rings (SSSR count). The number of piperidine rings is 1. The summed E-state index contributed by atoms with van der Waals surface area (Å²) >= 11 is 1.80. The van der Waals surface area contributed by atoms with Crippen LogP contribution in [0.3, 0.4) is 0 Å². The van der Waals surface area contributed by atoms with E-state index in [0.29, 0.717) is 17.9 Å². The fourth-order valence-electron chi connectivity index (χ4n) is 4.87. The molecule has 1 aliphatic heterocycles. The maximum absolute atomic E-state index is 13.2. The highest BCUT2D eigenvalue weighted by molar-refractivity contribution is 7.18. The number of thiophene rings is 1. The smallest absolute Gasteiger partial charge is 0.254 e. The van der Waals surface area contributed by atoms with Crippen molar-refractivity contribution in [1.82, 2.24) is 19.0 Å². The fourth-order valence-corrected chi connectivity index (χ4v) is 5.93. The number of ether oxygens (including phenoxy) is 1. The number of benzene rings is 1. The normalized spacial score (nSPS) is 16.9. The Morgan fingerprint density at radius 1 is 1.31 bits per heavy atom. The summed E-state index contributed by atoms with van der Waals surface area (Å²) in [5, 5.41) is 1.24. The molecule has 1 aromatic carbocycles. The molecule has 7 nitrogen and oxygen atoms in total. The van der Waals surface area contributed by atoms with Crippen molar-refractivity contribution in [1.29, 1.82) is 0 Å². The minimum Gasteiger partial charge on any atom is -0.494 e. The van der Waals surface area contributed by atoms with Gasteiger partial charge < -0.3 is 24.5 Å². The summed E-state index contributed by atoms with van der Waals surface area (Å²) in [7, 11) is 3.64. The Bertz CT molecular complexity index is 1330. The molecule has 1 saturated heterocycles. The molecular formula is C24H29N5O2S. The van der Waals surface area contributed by atoms with Crippen LogP contribution in [0.1, 0.15) is 35.0 Å². The number of aryl methyl sites for hydroxylation is 3. The molecular weight excluding hydrogens is 422 g/mol. The Morgan fingerprint density at radius 2 is 2.12 bits per heavy atom. The third-order valence-corrected chi connectivity index (χ3v) is 7.47. The lowest BCUT2D eigenvalue weighted by atomic mass is 10.0. The first kappa shape index (κ1) is 21.0. The quantitative estimate of drug-likeness (QED) is 0.505. The highest BCUT2D eigenvalue weighted by Crippen LogP contribution is 2.36. The maximum Gasteiger partial charge on any atom is 0.254 e. The second-order valence-corrected chi connectivity index (χ2v) is 9.82. The average Bonchev–Trinajstić information content (AvgIpc) is 3.41. The van der Waals surface area contributed by atoms with E-state index in [1.54, 1.807) is 18.4 Å². The molecule has 1 aliphatic rings. The number of carbonyl (C=O) groups excluding carboxylic acids is 1. The molecule has 0 spiro atoms. The topological polar surface area (TPSA) is 78.3 Å². The van der Waals surface area contributed by atoms with Gasteiger partial charge in [0.2, 0.25) is 0 Å². The summed E-state index contributed by atoms with van der Waals surface area (Å²) in [6.07, 6.45) is 1.90. The number of imidazole rings is 1. The Labute approximate surface area is 191 Å². The summed E-state index contributed by atoms with van der Waals surface area (Å²) in [5.74, 6) is 1.51. The van der Waals surface area contributed by atoms with Crippen molar-refractivity contribution in [3.8, 4) is 17.3 Å². The van der Waals surface area contributed by atoms with Crippen molar-refractivity contribution < 1.29 is 9.53 Å². The fraction of sp³-hybridized carbons (Fsp3) is 0.417. The predicted octanol–water partition coefficient (Wildman–Crippen LogP) is 4.16. The second-order valence-electron chi connectivity index (χ2n) is 8.59. The van der Waals surface area contributed by atoms with Crippen molar-refractivity contribution >= 4 is 38.5 Å². The molecule has 4 heterocycles. The van der Waals surface area contributed by atoms with Crippen molar-refractivity contribution in [2.75, 3.05) is 20.2 Å². The molecule has 1 fully saturated rings. The zero-order valence-electron chi connectivity index (χ0n) is 19.0. The van der Waals surface area contributed by atoms with Gasteiger partial charge in [0.1, 0.15) is 16.1 Å². The maximum atomic E-state index is 13.2. The molecule has 0 radical (unpaired) electrons. The Balaban J connectivity index is 1.63. The van der Waals surface area contributed by atoms with E-state index in [9.17, 15) is 4.79 Å². The SMILES string of the molecule is CCn1c(-c2nc3cc(C(=O)N4CCCC(N)C4)cc(OC)c3n2C)cc2cc(C)sc21. The van der Waals surface area contributed by atoms with Crippen LogP contribution in [0, 0.1) is 6.92 Å². The lowest BCUT2D eigenvalue weighted by Gasteiger charge is -2.30. The third-order valence-electron chi connectivity index (χ3n) is 6.38. The van der Waals surface area contributed by atoms with Crippen molar-refractivity contribution in [3.05, 3.63) is 34.7 Å². The summed E-state index contributed by atoms with van der Waals surface area (Å²) in [6.45, 7) is 6.48. The van der Waals surface area contributed by atoms with Crippen LogP contribution in [0.5, 0.6) is 5.75 Å². The first-order chi connectivity index (χ1) is 15.4. The first-order valence-electron chi connectivity index (χ1n) is 11.1. The molecule has 2 N–H and O–H groups in total. The van der Waals surface area contributed by atoms with Gasteiger partial charge in [0.25, 0.3) is 5.91 Å². The highest BCUT2D eigenvalue weighted by Gasteiger charge is 2.25. The van der Waals surface area contributed by atoms with Gasteiger partial charge in [-0.1, -0.05) is 0 Å². The molecule has 0 saturated carbocycles. The number of rotatable bonds is 4. The largest absolute Gasteiger partial charge is 0.494 e. The van der Waals surface area contributed by atoms with Gasteiger partial charge in [0, 0.05) is 48.6 Å². The molecule has 1 unspecified atom stereocenters. The van der Waals surface area contributed by atoms with E-state index < -0.39 is 0 Å². The molecule has 0 bridgehead atoms. The standard InChI is InChI=1S/C24H29N5O2S/c1-5-29-19(11-16-9-14(2)32-24(16)29)22-26-18-10-15(12-20(31-4)21(18)27(22)3)23(30)28-8-6-7-17(25)13-28/h9-12,17H,5-8,13,25H2,1-4H3. The Morgan fingerprint density at radius 3 is 2.84 bits per heavy atom. The van der Waals surface area contributed by atoms with Gasteiger partial charge in [-0.3, -0.25) is 4.79 Å². The van der Waals surface area contributed by atoms with E-state index in [1.165, 1.54) is 15.1 Å². The van der Waals surface area contributed by atoms with Crippen LogP contribution in [0.2, 0.25) is 0 Å². The van der Waals surface area contributed by atoms with E-state index in [4.69, 9.17) is 15.5 Å². The van der Waals surface area contributed by atoms with E-state index in [1.807, 2.05) is 24.1 Å². The number of nitrogens with zero attached hydrogens (tertiary/aromatic N) is 4. The predicted molar refractivity (Wildman–Crippen MR) is 130 cm³/mol. The lowest BCUT2D eigenvalue weighted by Crippen LogP contribution is -2.45. The second kappa shape index (κ2) is 7.94. The molecule has 4 aromatic rings. The van der Waals surface area contributed by atoms with Crippen LogP contribution in [0.15, 0.2) is 24.3 Å². The molecule has 0 aliphatic carbocycles. The number of fused-ring (bicyclic) bond motifs is 2. The van der Waals surface area contributed by atoms with Gasteiger partial charge >= 0.3 is 0 Å². The van der Waals surface area contributed by atoms with Gasteiger partial charge in [-0.2, -0.15) is 0 Å². The summed E-state index contributed by atoms with van der Waals surface area (Å²) < 4.78 is 10.1. The van der Waals surface area contributed by atoms with Crippen LogP contribution < -0.4 is 10.5 Å². The van der Waals surface area contributed by atoms with Crippen LogP contribution in [0.25, 0.3) is 32.8 Å². The van der Waals surface area contributed by atoms with E-state index >= 15 is 0 Å². The number of hydrogen-bond donors (Lipinski definition) is 1. The highest BCUT2D eigenvalue weighted by atomic mass is 32.1. The van der Waals surface area contributed by atoms with Crippen molar-refractivity contribution in [3.63, 3.8) is 0 Å². The van der Waals surface area contributed by atoms with Gasteiger partial charge in [-0.25, -0.2) is 4.98 Å². The summed E-state index contributed by atoms with van der Waals surface area (Å²) in [5.41, 5.74) is 9.41. The van der Waals surface area contributed by atoms with Gasteiger partial charge in [-0.15, -0.1) is 11.3 Å². The number of aromatic nitrogens is 3. The third kappa shape index (κ3) is 3.29. The number of amides is 1. The van der Waals surface area contributed by atoms with Gasteiger partial charge in [-0.05, 0) is 51.0 Å². The zero-order valence-corrected chi connectivity index (χ0v) is 19.8. The van der Waals surface area contributed by atoms with Crippen LogP contribution in [0.4, 0.5) is 0 Å². The van der Waals surface area contributed by atoms with Crippen molar-refractivity contribution in [2.45, 2.75) is 39.3 Å². The molecule has 168 valence electrons. The van der Waals surface area contributed by atoms with Crippen LogP contribution >= 0.6 is 11.3 Å². The average molecular weight is 452 g/mol. The molecule has 3 aromatic heterocycles. The molecule has 8 heteroatoms. The summed E-state index contributed by atoms with van der Waals surface area (Å²) in [6, 6.07) is 8.18. The lowest BCUT2D eigenvalue weighted by molar-refractivity contribution is 0.0708. The molecule has 1 atom stereocenters. The Hall–Kier alpha value is -2.84. The van der Waals surface area contributed by atoms with Gasteiger partial charge in [0.15, 0.2) is 5.82 Å². The molecule has 32 heavy (non-hydrogen) atoms. The van der Waals surface area contributed by atoms with E-state index in [2.05, 4.69) is 35.1 Å². The van der Waals surface area contributed by atoms with Crippen LogP contribution in [-0.2, 0) is 13.6 Å². The first-order valence-corrected chi connectivity index (χ1v) is 11.9. The number of nitrogens with two attached hydrogens (primary N) is 1. The van der Waals surface area contributed by atoms with Crippen molar-refractivity contribution in [2.24, 2.45) is 12.8 Å². The van der Waals surface area contributed by atoms with Crippen LogP contribution in [-0.4, -0.2) is 51.2 Å². The Kier molecular flexibility index (Phi) is 5.22. The minimum atomic E-state index is -0.0134.